The van der Waals surface area contributed by atoms with Crippen LogP contribution < -0.4 is 5.32 Å². The maximum atomic E-state index is 13.8. The second-order valence-electron chi connectivity index (χ2n) is 6.38. The molecule has 2 N–H and O–H groups in total. The van der Waals surface area contributed by atoms with Gasteiger partial charge >= 0.3 is 0 Å². The molecule has 0 spiro atoms. The molecule has 152 valence electrons. The van der Waals surface area contributed by atoms with E-state index in [0.717, 1.165) is 0 Å². The van der Waals surface area contributed by atoms with E-state index in [2.05, 4.69) is 5.32 Å². The number of halogens is 1. The van der Waals surface area contributed by atoms with E-state index < -0.39 is 21.6 Å². The number of carbonyl (C=O) groups excluding carboxylic acids is 1. The predicted octanol–water partition coefficient (Wildman–Crippen LogP) is 4.16. The predicted molar refractivity (Wildman–Crippen MR) is 107 cm³/mol. The first kappa shape index (κ1) is 20.6. The number of rotatable bonds is 7. The lowest BCUT2D eigenvalue weighted by Gasteiger charge is -2.09. The summed E-state index contributed by atoms with van der Waals surface area (Å²) in [5, 5.41) is 12.4. The van der Waals surface area contributed by atoms with E-state index in [4.69, 9.17) is 4.42 Å². The molecule has 1 aromatic heterocycles. The van der Waals surface area contributed by atoms with Crippen molar-refractivity contribution in [2.75, 3.05) is 11.1 Å². The largest absolute Gasteiger partial charge is 0.506 e. The van der Waals surface area contributed by atoms with Crippen LogP contribution in [0.4, 0.5) is 10.1 Å². The van der Waals surface area contributed by atoms with Crippen LogP contribution in [-0.2, 0) is 21.1 Å². The molecule has 0 aliphatic carbocycles. The third kappa shape index (κ3) is 4.83. The fourth-order valence-electron chi connectivity index (χ4n) is 2.74. The fraction of sp³-hybridized carbons (Fsp3) is 0.190. The van der Waals surface area contributed by atoms with Gasteiger partial charge in [0, 0.05) is 12.8 Å². The normalized spacial score (nSPS) is 11.4. The Hall–Kier alpha value is -3.13. The summed E-state index contributed by atoms with van der Waals surface area (Å²) in [5.41, 5.74) is 0.359. The van der Waals surface area contributed by atoms with Gasteiger partial charge in [-0.3, -0.25) is 4.79 Å². The highest BCUT2D eigenvalue weighted by Crippen LogP contribution is 2.28. The van der Waals surface area contributed by atoms with Crippen LogP contribution in [0.15, 0.2) is 63.9 Å². The van der Waals surface area contributed by atoms with Crippen molar-refractivity contribution in [3.63, 3.8) is 0 Å². The second kappa shape index (κ2) is 8.48. The molecule has 2 aromatic carbocycles. The molecule has 0 saturated carbocycles. The summed E-state index contributed by atoms with van der Waals surface area (Å²) in [6.45, 7) is 1.51. The fourth-order valence-corrected chi connectivity index (χ4v) is 3.65. The lowest BCUT2D eigenvalue weighted by Crippen LogP contribution is -2.13. The Morgan fingerprint density at radius 2 is 1.90 bits per heavy atom. The van der Waals surface area contributed by atoms with Gasteiger partial charge in [0.1, 0.15) is 23.1 Å². The van der Waals surface area contributed by atoms with Crippen LogP contribution in [0.25, 0.3) is 11.3 Å². The zero-order chi connectivity index (χ0) is 21.0. The van der Waals surface area contributed by atoms with E-state index in [0.29, 0.717) is 17.1 Å². The van der Waals surface area contributed by atoms with E-state index in [-0.39, 0.29) is 34.9 Å². The number of aryl methyl sites for hydroxylation is 1. The van der Waals surface area contributed by atoms with Crippen LogP contribution in [0.1, 0.15) is 19.1 Å². The molecule has 8 heteroatoms. The molecule has 1 amide bonds. The number of sulfone groups is 1. The maximum Gasteiger partial charge on any atom is 0.224 e. The van der Waals surface area contributed by atoms with E-state index in [1.807, 2.05) is 0 Å². The molecule has 0 unspecified atom stereocenters. The second-order valence-corrected chi connectivity index (χ2v) is 8.65. The summed E-state index contributed by atoms with van der Waals surface area (Å²) < 4.78 is 43.4. The number of carbonyl (C=O) groups is 1. The van der Waals surface area contributed by atoms with Gasteiger partial charge in [-0.15, -0.1) is 0 Å². The van der Waals surface area contributed by atoms with Gasteiger partial charge < -0.3 is 14.8 Å². The third-order valence-corrected chi connectivity index (χ3v) is 6.11. The first-order valence-corrected chi connectivity index (χ1v) is 10.6. The van der Waals surface area contributed by atoms with Crippen molar-refractivity contribution in [2.24, 2.45) is 0 Å². The Kier molecular flexibility index (Phi) is 6.03. The minimum Gasteiger partial charge on any atom is -0.506 e. The zero-order valence-corrected chi connectivity index (χ0v) is 16.5. The number of phenolic OH excluding ortho intramolecular Hbond substituents is 1. The quantitative estimate of drug-likeness (QED) is 0.563. The summed E-state index contributed by atoms with van der Waals surface area (Å²) in [7, 11) is -3.46. The van der Waals surface area contributed by atoms with Gasteiger partial charge in [-0.05, 0) is 42.5 Å². The number of furan rings is 1. The van der Waals surface area contributed by atoms with Crippen LogP contribution >= 0.6 is 0 Å². The Bertz CT molecular complexity index is 1140. The molecule has 3 rings (SSSR count). The number of aromatic hydroxyl groups is 1. The first-order valence-electron chi connectivity index (χ1n) is 8.99. The average molecular weight is 417 g/mol. The summed E-state index contributed by atoms with van der Waals surface area (Å²) in [6, 6.07) is 13.3. The van der Waals surface area contributed by atoms with Crippen molar-refractivity contribution in [1.82, 2.24) is 0 Å². The number of anilines is 1. The van der Waals surface area contributed by atoms with Crippen molar-refractivity contribution in [1.29, 1.82) is 0 Å². The number of benzene rings is 2. The third-order valence-electron chi connectivity index (χ3n) is 4.38. The molecule has 29 heavy (non-hydrogen) atoms. The highest BCUT2D eigenvalue weighted by molar-refractivity contribution is 7.91. The van der Waals surface area contributed by atoms with Crippen LogP contribution in [0.2, 0.25) is 0 Å². The van der Waals surface area contributed by atoms with E-state index in [1.165, 1.54) is 31.2 Å². The SMILES string of the molecule is CCS(=O)(=O)c1ccc(O)c(NC(=O)CCc2ccc(-c3ccccc3F)o2)c1. The van der Waals surface area contributed by atoms with Crippen molar-refractivity contribution in [2.45, 2.75) is 24.7 Å². The summed E-state index contributed by atoms with van der Waals surface area (Å²) >= 11 is 0. The van der Waals surface area contributed by atoms with Crippen LogP contribution in [-0.4, -0.2) is 25.2 Å². The molecule has 0 radical (unpaired) electrons. The number of hydrogen-bond acceptors (Lipinski definition) is 5. The maximum absolute atomic E-state index is 13.8. The van der Waals surface area contributed by atoms with E-state index in [9.17, 15) is 22.7 Å². The van der Waals surface area contributed by atoms with Gasteiger partial charge in [-0.2, -0.15) is 0 Å². The summed E-state index contributed by atoms with van der Waals surface area (Å²) in [4.78, 5) is 12.2. The highest BCUT2D eigenvalue weighted by Gasteiger charge is 2.16. The average Bonchev–Trinajstić information content (AvgIpc) is 3.17. The number of hydrogen-bond donors (Lipinski definition) is 2. The minimum absolute atomic E-state index is 0.0219. The van der Waals surface area contributed by atoms with Crippen LogP contribution in [0, 0.1) is 5.82 Å². The molecule has 3 aromatic rings. The Morgan fingerprint density at radius 1 is 1.14 bits per heavy atom. The standard InChI is InChI=1S/C21H20FNO5S/c1-2-29(26,27)15-9-10-19(24)18(13-15)23-21(25)12-8-14-7-11-20(28-14)16-5-3-4-6-17(16)22/h3-7,9-11,13,24H,2,8,12H2,1H3,(H,23,25). The summed E-state index contributed by atoms with van der Waals surface area (Å²) in [6.07, 6.45) is 0.294. The molecule has 0 fully saturated rings. The van der Waals surface area contributed by atoms with Crippen molar-refractivity contribution < 1.29 is 27.1 Å². The molecule has 0 atom stereocenters. The molecular weight excluding hydrogens is 397 g/mol. The van der Waals surface area contributed by atoms with Crippen LogP contribution in [0.5, 0.6) is 5.75 Å². The number of phenols is 1. The van der Waals surface area contributed by atoms with Gasteiger partial charge in [-0.25, -0.2) is 12.8 Å². The lowest BCUT2D eigenvalue weighted by atomic mass is 10.1. The molecule has 0 aliphatic rings. The molecular formula is C21H20FNO5S. The molecule has 6 nitrogen and oxygen atoms in total. The van der Waals surface area contributed by atoms with Crippen molar-refractivity contribution >= 4 is 21.4 Å². The molecule has 0 bridgehead atoms. The van der Waals surface area contributed by atoms with Gasteiger partial charge in [0.05, 0.1) is 21.9 Å². The highest BCUT2D eigenvalue weighted by atomic mass is 32.2. The van der Waals surface area contributed by atoms with Gasteiger partial charge in [0.15, 0.2) is 9.84 Å². The van der Waals surface area contributed by atoms with Crippen molar-refractivity contribution in [3.8, 4) is 17.1 Å². The minimum atomic E-state index is -3.46. The van der Waals surface area contributed by atoms with E-state index in [1.54, 1.807) is 30.3 Å². The van der Waals surface area contributed by atoms with Crippen molar-refractivity contribution in [3.05, 3.63) is 66.2 Å². The first-order chi connectivity index (χ1) is 13.8. The molecule has 1 heterocycles. The Labute approximate surface area is 167 Å². The van der Waals surface area contributed by atoms with Gasteiger partial charge in [0.2, 0.25) is 5.91 Å². The zero-order valence-electron chi connectivity index (χ0n) is 15.7. The topological polar surface area (TPSA) is 96.6 Å². The van der Waals surface area contributed by atoms with E-state index >= 15 is 0 Å². The van der Waals surface area contributed by atoms with Gasteiger partial charge in [0.25, 0.3) is 0 Å². The monoisotopic (exact) mass is 417 g/mol. The van der Waals surface area contributed by atoms with Gasteiger partial charge in [-0.1, -0.05) is 19.1 Å². The number of amides is 1. The Morgan fingerprint density at radius 3 is 2.62 bits per heavy atom. The molecule has 0 aliphatic heterocycles. The van der Waals surface area contributed by atoms with Crippen LogP contribution in [0.3, 0.4) is 0 Å². The Balaban J connectivity index is 1.65. The lowest BCUT2D eigenvalue weighted by molar-refractivity contribution is -0.116. The summed E-state index contributed by atoms with van der Waals surface area (Å²) in [5.74, 6) is -0.265. The molecule has 0 saturated heterocycles. The number of nitrogens with one attached hydrogen (secondary N) is 1. The smallest absolute Gasteiger partial charge is 0.224 e.